The van der Waals surface area contributed by atoms with E-state index in [4.69, 9.17) is 15.0 Å². The highest BCUT2D eigenvalue weighted by Gasteiger charge is 2.36. The van der Waals surface area contributed by atoms with E-state index < -0.39 is 0 Å². The van der Waals surface area contributed by atoms with Gasteiger partial charge < -0.3 is 9.80 Å². The van der Waals surface area contributed by atoms with Crippen molar-refractivity contribution in [1.29, 1.82) is 0 Å². The van der Waals surface area contributed by atoms with E-state index in [0.29, 0.717) is 17.5 Å². The fourth-order valence-corrected chi connectivity index (χ4v) is 10.5. The molecule has 1 heterocycles. The van der Waals surface area contributed by atoms with Crippen LogP contribution in [0.25, 0.3) is 34.2 Å². The monoisotopic (exact) mass is 978 g/mol. The smallest absolute Gasteiger partial charge is 0.164 e. The van der Waals surface area contributed by atoms with Crippen molar-refractivity contribution in [2.24, 2.45) is 0 Å². The maximum absolute atomic E-state index is 4.78. The molecule has 0 radical (unpaired) electrons. The third kappa shape index (κ3) is 11.5. The molecule has 0 N–H and O–H groups in total. The molecule has 372 valence electrons. The summed E-state index contributed by atoms with van der Waals surface area (Å²) in [6.07, 6.45) is 6.15. The topological polar surface area (TPSA) is 45.2 Å². The lowest BCUT2D eigenvalue weighted by molar-refractivity contribution is 0.346. The maximum Gasteiger partial charge on any atom is 0.164 e. The van der Waals surface area contributed by atoms with E-state index in [1.165, 1.54) is 116 Å². The molecule has 1 saturated carbocycles. The molecule has 10 aromatic rings. The van der Waals surface area contributed by atoms with E-state index >= 15 is 0 Å². The summed E-state index contributed by atoms with van der Waals surface area (Å²) in [6, 6.07) is 79.1. The molecule has 0 saturated heterocycles. The number of nitrogens with zero attached hydrogens (tertiary/aromatic N) is 5. The van der Waals surface area contributed by atoms with Gasteiger partial charge in [-0.2, -0.15) is 0 Å². The Morgan fingerprint density at radius 1 is 0.280 bits per heavy atom. The summed E-state index contributed by atoms with van der Waals surface area (Å²) in [4.78, 5) is 19.1. The van der Waals surface area contributed by atoms with Gasteiger partial charge >= 0.3 is 0 Å². The number of benzene rings is 9. The highest BCUT2D eigenvalue weighted by atomic mass is 15.1. The summed E-state index contributed by atoms with van der Waals surface area (Å²) in [7, 11) is 0. The van der Waals surface area contributed by atoms with Crippen LogP contribution in [0, 0.1) is 48.5 Å². The lowest BCUT2D eigenvalue weighted by atomic mass is 9.65. The lowest BCUT2D eigenvalue weighted by Gasteiger charge is -2.39. The Balaban J connectivity index is 0.000000200. The van der Waals surface area contributed by atoms with Gasteiger partial charge in [-0.15, -0.1) is 0 Å². The van der Waals surface area contributed by atoms with Gasteiger partial charge in [-0.3, -0.25) is 0 Å². The third-order valence-corrected chi connectivity index (χ3v) is 14.7. The number of aryl methyl sites for hydroxylation is 7. The van der Waals surface area contributed by atoms with Crippen LogP contribution in [0.3, 0.4) is 0 Å². The van der Waals surface area contributed by atoms with Crippen molar-refractivity contribution in [1.82, 2.24) is 15.0 Å². The number of anilines is 6. The van der Waals surface area contributed by atoms with Gasteiger partial charge in [0.2, 0.25) is 0 Å². The van der Waals surface area contributed by atoms with Crippen LogP contribution in [0.15, 0.2) is 218 Å². The number of hydrogen-bond donors (Lipinski definition) is 0. The fraction of sp³-hybridized carbons (Fsp3) is 0.186. The predicted molar refractivity (Wildman–Crippen MR) is 315 cm³/mol. The molecule has 5 nitrogen and oxygen atoms in total. The van der Waals surface area contributed by atoms with Crippen LogP contribution < -0.4 is 9.80 Å². The van der Waals surface area contributed by atoms with Gasteiger partial charge in [-0.05, 0) is 163 Å². The lowest BCUT2D eigenvalue weighted by Crippen LogP contribution is -2.30. The molecule has 0 unspecified atom stereocenters. The zero-order chi connectivity index (χ0) is 51.9. The molecule has 1 aromatic heterocycles. The van der Waals surface area contributed by atoms with Crippen molar-refractivity contribution in [2.45, 2.75) is 86.0 Å². The third-order valence-electron chi connectivity index (χ3n) is 14.7. The summed E-state index contributed by atoms with van der Waals surface area (Å²) in [5.74, 6) is 2.09. The van der Waals surface area contributed by atoms with Crippen LogP contribution >= 0.6 is 0 Å². The van der Waals surface area contributed by atoms with Crippen molar-refractivity contribution < 1.29 is 0 Å². The first-order valence-corrected chi connectivity index (χ1v) is 26.5. The normalized spacial score (nSPS) is 12.8. The highest BCUT2D eigenvalue weighted by Crippen LogP contribution is 2.47. The summed E-state index contributed by atoms with van der Waals surface area (Å²) in [6.45, 7) is 14.8. The van der Waals surface area contributed by atoms with Gasteiger partial charge in [0.1, 0.15) is 0 Å². The Labute approximate surface area is 445 Å². The molecule has 9 aromatic carbocycles. The number of rotatable bonds is 11. The second-order valence-corrected chi connectivity index (χ2v) is 20.7. The SMILES string of the molecule is Cc1ccc(N(c2ccc(C)cc2)c2ccc(C3(c4ccc(N(c5ccc(C)cc5)c5ccc(C)cc5)cc4)CCCCC3)cc2)cc1.Cc1cccc(-c2nc(-c3cccc(C)c3)nc(-c3cccc(C)c3)n2)c1. The summed E-state index contributed by atoms with van der Waals surface area (Å²) >= 11 is 0. The Kier molecular flexibility index (Phi) is 15.0. The van der Waals surface area contributed by atoms with E-state index in [2.05, 4.69) is 240 Å². The summed E-state index contributed by atoms with van der Waals surface area (Å²) in [5, 5.41) is 0. The molecule has 0 amide bonds. The summed E-state index contributed by atoms with van der Waals surface area (Å²) in [5.41, 5.74) is 21.5. The largest absolute Gasteiger partial charge is 0.311 e. The fourth-order valence-electron chi connectivity index (χ4n) is 10.5. The van der Waals surface area contributed by atoms with Crippen molar-refractivity contribution in [2.75, 3.05) is 9.80 Å². The Morgan fingerprint density at radius 2 is 0.533 bits per heavy atom. The molecule has 11 rings (SSSR count). The van der Waals surface area contributed by atoms with Gasteiger partial charge in [0.15, 0.2) is 17.5 Å². The maximum atomic E-state index is 4.78. The minimum Gasteiger partial charge on any atom is -0.311 e. The average Bonchev–Trinajstić information content (AvgIpc) is 3.44. The zero-order valence-corrected chi connectivity index (χ0v) is 44.6. The van der Waals surface area contributed by atoms with Crippen molar-refractivity contribution in [3.05, 3.63) is 268 Å². The second-order valence-electron chi connectivity index (χ2n) is 20.7. The zero-order valence-electron chi connectivity index (χ0n) is 44.6. The van der Waals surface area contributed by atoms with Crippen LogP contribution in [0.2, 0.25) is 0 Å². The standard InChI is InChI=1S/C46H46N2.C24H21N3/c1-34-8-20-40(21-9-34)47(41-22-10-35(2)11-23-41)44-28-16-38(17-29-44)46(32-6-5-7-33-46)39-18-30-45(31-19-39)48(42-24-12-36(3)13-25-42)43-26-14-37(4)15-27-43;1-16-7-4-10-19(13-16)22-25-23(20-11-5-8-17(2)14-20)27-24(26-22)21-12-6-9-18(3)15-21/h8-31H,5-7,32-33H2,1-4H3;4-15H,1-3H3. The van der Waals surface area contributed by atoms with E-state index in [-0.39, 0.29) is 5.41 Å². The van der Waals surface area contributed by atoms with E-state index in [1.807, 2.05) is 36.4 Å². The van der Waals surface area contributed by atoms with Crippen LogP contribution in [-0.2, 0) is 5.41 Å². The molecule has 75 heavy (non-hydrogen) atoms. The van der Waals surface area contributed by atoms with Gasteiger partial charge in [-0.1, -0.05) is 186 Å². The van der Waals surface area contributed by atoms with E-state index in [9.17, 15) is 0 Å². The summed E-state index contributed by atoms with van der Waals surface area (Å²) < 4.78 is 0. The van der Waals surface area contributed by atoms with Crippen LogP contribution in [0.1, 0.15) is 82.2 Å². The average molecular weight is 978 g/mol. The van der Waals surface area contributed by atoms with Gasteiger partial charge in [0, 0.05) is 56.2 Å². The first kappa shape index (κ1) is 50.1. The molecule has 5 heteroatoms. The van der Waals surface area contributed by atoms with E-state index in [0.717, 1.165) is 16.7 Å². The van der Waals surface area contributed by atoms with E-state index in [1.54, 1.807) is 0 Å². The highest BCUT2D eigenvalue weighted by molar-refractivity contribution is 5.79. The molecular weight excluding hydrogens is 911 g/mol. The van der Waals surface area contributed by atoms with Crippen LogP contribution in [0.4, 0.5) is 34.1 Å². The van der Waals surface area contributed by atoms with Crippen molar-refractivity contribution in [3.8, 4) is 34.2 Å². The van der Waals surface area contributed by atoms with Crippen LogP contribution in [0.5, 0.6) is 0 Å². The van der Waals surface area contributed by atoms with Crippen molar-refractivity contribution >= 4 is 34.1 Å². The van der Waals surface area contributed by atoms with Gasteiger partial charge in [0.25, 0.3) is 0 Å². The van der Waals surface area contributed by atoms with Gasteiger partial charge in [0.05, 0.1) is 0 Å². The second kappa shape index (κ2) is 22.4. The van der Waals surface area contributed by atoms with Gasteiger partial charge in [-0.25, -0.2) is 15.0 Å². The molecule has 1 fully saturated rings. The molecule has 0 atom stereocenters. The minimum atomic E-state index is 0.00636. The molecule has 0 bridgehead atoms. The number of hydrogen-bond acceptors (Lipinski definition) is 5. The molecule has 1 aliphatic carbocycles. The Morgan fingerprint density at radius 3 is 0.787 bits per heavy atom. The molecule has 0 aliphatic heterocycles. The molecule has 0 spiro atoms. The predicted octanol–water partition coefficient (Wildman–Crippen LogP) is 18.9. The van der Waals surface area contributed by atoms with Crippen molar-refractivity contribution in [3.63, 3.8) is 0 Å². The number of aromatic nitrogens is 3. The van der Waals surface area contributed by atoms with Crippen LogP contribution in [-0.4, -0.2) is 15.0 Å². The minimum absolute atomic E-state index is 0.00636. The molecule has 1 aliphatic rings. The first-order chi connectivity index (χ1) is 36.5. The molecular formula is C70H67N5. The quantitative estimate of drug-likeness (QED) is 0.129. The first-order valence-electron chi connectivity index (χ1n) is 26.5. The Bertz CT molecular complexity index is 3120. The Hall–Kier alpha value is -8.41.